The molecule has 0 aliphatic heterocycles. The molecule has 0 bridgehead atoms. The molecule has 6 heteroatoms. The molecule has 0 saturated heterocycles. The van der Waals surface area contributed by atoms with Crippen molar-refractivity contribution < 1.29 is 0 Å². The Morgan fingerprint density at radius 1 is 1.04 bits per heavy atom. The number of aryl methyl sites for hydroxylation is 1. The number of anilines is 2. The number of hydrogen-bond donors (Lipinski definition) is 2. The van der Waals surface area contributed by atoms with Crippen LogP contribution in [0.2, 0.25) is 0 Å². The first-order chi connectivity index (χ1) is 12.7. The second-order valence-electron chi connectivity index (χ2n) is 6.15. The highest BCUT2D eigenvalue weighted by Gasteiger charge is 2.06. The Bertz CT molecular complexity index is 834. The topological polar surface area (TPSA) is 63.8 Å². The van der Waals surface area contributed by atoms with Crippen molar-refractivity contribution in [1.82, 2.24) is 9.97 Å². The van der Waals surface area contributed by atoms with Crippen LogP contribution in [-0.4, -0.2) is 16.5 Å². The summed E-state index contributed by atoms with van der Waals surface area (Å²) in [6, 6.07) is 14.5. The van der Waals surface area contributed by atoms with Crippen LogP contribution in [0.25, 0.3) is 10.6 Å². The van der Waals surface area contributed by atoms with Crippen molar-refractivity contribution >= 4 is 38.9 Å². The van der Waals surface area contributed by atoms with E-state index in [1.165, 1.54) is 24.8 Å². The molecular formula is C20H23BrN4S. The quantitative estimate of drug-likeness (QED) is 0.422. The second-order valence-corrected chi connectivity index (χ2v) is 8.61. The van der Waals surface area contributed by atoms with E-state index in [-0.39, 0.29) is 0 Å². The SMILES string of the molecule is NCCCCCCc1cccc(Nc2nccc(-c3ccc(Br)s3)n2)c1. The van der Waals surface area contributed by atoms with Gasteiger partial charge in [0.15, 0.2) is 0 Å². The summed E-state index contributed by atoms with van der Waals surface area (Å²) in [4.78, 5) is 10.1. The molecule has 136 valence electrons. The summed E-state index contributed by atoms with van der Waals surface area (Å²) < 4.78 is 1.10. The van der Waals surface area contributed by atoms with Gasteiger partial charge >= 0.3 is 0 Å². The average Bonchev–Trinajstić information content (AvgIpc) is 3.09. The van der Waals surface area contributed by atoms with E-state index in [9.17, 15) is 0 Å². The predicted molar refractivity (Wildman–Crippen MR) is 114 cm³/mol. The Kier molecular flexibility index (Phi) is 7.17. The number of rotatable bonds is 9. The first-order valence-corrected chi connectivity index (χ1v) is 10.5. The zero-order valence-electron chi connectivity index (χ0n) is 14.6. The van der Waals surface area contributed by atoms with Gasteiger partial charge in [-0.15, -0.1) is 11.3 Å². The second kappa shape index (κ2) is 9.80. The van der Waals surface area contributed by atoms with E-state index in [1.54, 1.807) is 17.5 Å². The van der Waals surface area contributed by atoms with Crippen LogP contribution in [0.4, 0.5) is 11.6 Å². The lowest BCUT2D eigenvalue weighted by molar-refractivity contribution is 0.647. The van der Waals surface area contributed by atoms with Gasteiger partial charge in [-0.2, -0.15) is 0 Å². The molecule has 0 radical (unpaired) electrons. The highest BCUT2D eigenvalue weighted by molar-refractivity contribution is 9.11. The number of thiophene rings is 1. The van der Waals surface area contributed by atoms with E-state index in [4.69, 9.17) is 5.73 Å². The number of hydrogen-bond acceptors (Lipinski definition) is 5. The lowest BCUT2D eigenvalue weighted by Gasteiger charge is -2.08. The summed E-state index contributed by atoms with van der Waals surface area (Å²) in [6.07, 6.45) is 7.65. The van der Waals surface area contributed by atoms with Crippen LogP contribution < -0.4 is 11.1 Å². The molecule has 0 atom stereocenters. The van der Waals surface area contributed by atoms with Crippen molar-refractivity contribution in [3.63, 3.8) is 0 Å². The Morgan fingerprint density at radius 3 is 2.73 bits per heavy atom. The van der Waals surface area contributed by atoms with Gasteiger partial charge in [0.2, 0.25) is 5.95 Å². The van der Waals surface area contributed by atoms with Gasteiger partial charge in [0.05, 0.1) is 14.4 Å². The van der Waals surface area contributed by atoms with Crippen LogP contribution in [0.5, 0.6) is 0 Å². The van der Waals surface area contributed by atoms with Crippen LogP contribution in [0, 0.1) is 0 Å². The standard InChI is InChI=1S/C20H23BrN4S/c21-19-10-9-18(26-19)17-11-13-23-20(25-17)24-16-8-5-7-15(14-16)6-3-1-2-4-12-22/h5,7-11,13-14H,1-4,6,12,22H2,(H,23,24,25). The summed E-state index contributed by atoms with van der Waals surface area (Å²) in [7, 11) is 0. The average molecular weight is 431 g/mol. The molecule has 3 N–H and O–H groups in total. The van der Waals surface area contributed by atoms with Gasteiger partial charge in [0.1, 0.15) is 0 Å². The van der Waals surface area contributed by atoms with E-state index in [0.29, 0.717) is 5.95 Å². The fourth-order valence-electron chi connectivity index (χ4n) is 2.77. The Hall–Kier alpha value is -1.76. The lowest BCUT2D eigenvalue weighted by atomic mass is 10.1. The summed E-state index contributed by atoms with van der Waals surface area (Å²) in [5.74, 6) is 0.618. The number of aromatic nitrogens is 2. The van der Waals surface area contributed by atoms with Gasteiger partial charge in [-0.25, -0.2) is 9.97 Å². The summed E-state index contributed by atoms with van der Waals surface area (Å²) in [6.45, 7) is 0.793. The van der Waals surface area contributed by atoms with E-state index in [2.05, 4.69) is 61.5 Å². The Labute approximate surface area is 167 Å². The van der Waals surface area contributed by atoms with E-state index in [0.717, 1.165) is 39.4 Å². The van der Waals surface area contributed by atoms with Gasteiger partial charge in [-0.3, -0.25) is 0 Å². The van der Waals surface area contributed by atoms with Gasteiger partial charge in [-0.1, -0.05) is 25.0 Å². The van der Waals surface area contributed by atoms with Crippen molar-refractivity contribution in [1.29, 1.82) is 0 Å². The molecule has 0 saturated carbocycles. The van der Waals surface area contributed by atoms with Gasteiger partial charge in [-0.05, 0) is 77.6 Å². The number of unbranched alkanes of at least 4 members (excludes halogenated alkanes) is 3. The molecule has 0 unspecified atom stereocenters. The predicted octanol–water partition coefficient (Wildman–Crippen LogP) is 5.77. The molecule has 0 aliphatic carbocycles. The molecule has 2 heterocycles. The molecule has 3 aromatic rings. The van der Waals surface area contributed by atoms with E-state index >= 15 is 0 Å². The largest absolute Gasteiger partial charge is 0.330 e. The number of benzene rings is 1. The molecule has 0 fully saturated rings. The van der Waals surface area contributed by atoms with Crippen molar-refractivity contribution in [3.8, 4) is 10.6 Å². The minimum Gasteiger partial charge on any atom is -0.330 e. The Morgan fingerprint density at radius 2 is 1.92 bits per heavy atom. The number of nitrogens with one attached hydrogen (secondary N) is 1. The molecule has 0 spiro atoms. The molecule has 2 aromatic heterocycles. The molecule has 0 amide bonds. The zero-order chi connectivity index (χ0) is 18.2. The monoisotopic (exact) mass is 430 g/mol. The van der Waals surface area contributed by atoms with Crippen LogP contribution in [0.15, 0.2) is 52.4 Å². The normalized spacial score (nSPS) is 10.8. The van der Waals surface area contributed by atoms with E-state index < -0.39 is 0 Å². The van der Waals surface area contributed by atoms with Crippen molar-refractivity contribution in [2.45, 2.75) is 32.1 Å². The highest BCUT2D eigenvalue weighted by atomic mass is 79.9. The Balaban J connectivity index is 1.63. The van der Waals surface area contributed by atoms with E-state index in [1.807, 2.05) is 12.1 Å². The smallest absolute Gasteiger partial charge is 0.227 e. The van der Waals surface area contributed by atoms with Crippen molar-refractivity contribution in [2.75, 3.05) is 11.9 Å². The number of halogens is 1. The van der Waals surface area contributed by atoms with Crippen LogP contribution in [0.3, 0.4) is 0 Å². The fourth-order valence-corrected chi connectivity index (χ4v) is 4.12. The molecule has 1 aromatic carbocycles. The lowest BCUT2D eigenvalue weighted by Crippen LogP contribution is -1.99. The molecule has 4 nitrogen and oxygen atoms in total. The minimum absolute atomic E-state index is 0.618. The zero-order valence-corrected chi connectivity index (χ0v) is 17.0. The third-order valence-corrected chi connectivity index (χ3v) is 5.73. The van der Waals surface area contributed by atoms with Gasteiger partial charge in [0, 0.05) is 11.9 Å². The maximum atomic E-state index is 5.54. The fraction of sp³-hybridized carbons (Fsp3) is 0.300. The number of nitrogens with two attached hydrogens (primary N) is 1. The molecule has 0 aliphatic rings. The summed E-state index contributed by atoms with van der Waals surface area (Å²) in [5.41, 5.74) is 8.82. The first-order valence-electron chi connectivity index (χ1n) is 8.89. The maximum absolute atomic E-state index is 5.54. The van der Waals surface area contributed by atoms with Crippen LogP contribution >= 0.6 is 27.3 Å². The first kappa shape index (κ1) is 19.0. The van der Waals surface area contributed by atoms with Gasteiger partial charge in [0.25, 0.3) is 0 Å². The highest BCUT2D eigenvalue weighted by Crippen LogP contribution is 2.30. The van der Waals surface area contributed by atoms with Crippen molar-refractivity contribution in [2.24, 2.45) is 5.73 Å². The third-order valence-electron chi connectivity index (χ3n) is 4.08. The summed E-state index contributed by atoms with van der Waals surface area (Å²) >= 11 is 5.16. The van der Waals surface area contributed by atoms with Crippen LogP contribution in [0.1, 0.15) is 31.2 Å². The van der Waals surface area contributed by atoms with Crippen molar-refractivity contribution in [3.05, 3.63) is 58.0 Å². The molecular weight excluding hydrogens is 408 g/mol. The van der Waals surface area contributed by atoms with Crippen LogP contribution in [-0.2, 0) is 6.42 Å². The minimum atomic E-state index is 0.618. The number of nitrogens with zero attached hydrogens (tertiary/aromatic N) is 2. The summed E-state index contributed by atoms with van der Waals surface area (Å²) in [5, 5.41) is 3.33. The maximum Gasteiger partial charge on any atom is 0.227 e. The third kappa shape index (κ3) is 5.62. The molecule has 3 rings (SSSR count). The molecule has 26 heavy (non-hydrogen) atoms. The van der Waals surface area contributed by atoms with Gasteiger partial charge < -0.3 is 11.1 Å².